The average Bonchev–Trinajstić information content (AvgIpc) is 3.16. The fraction of sp³-hybridized carbons (Fsp3) is 0.250. The van der Waals surface area contributed by atoms with E-state index in [0.717, 1.165) is 19.3 Å². The number of pyridine rings is 1. The second kappa shape index (κ2) is 5.02. The summed E-state index contributed by atoms with van der Waals surface area (Å²) in [6, 6.07) is 1.95. The van der Waals surface area contributed by atoms with E-state index in [1.54, 1.807) is 12.4 Å². The highest BCUT2D eigenvalue weighted by Gasteiger charge is 2.29. The van der Waals surface area contributed by atoms with Gasteiger partial charge in [-0.05, 0) is 57.4 Å². The van der Waals surface area contributed by atoms with Gasteiger partial charge in [0.2, 0.25) is 0 Å². The average molecular weight is 436 g/mol. The maximum atomic E-state index is 6.19. The van der Waals surface area contributed by atoms with Gasteiger partial charge in [-0.1, -0.05) is 11.6 Å². The maximum absolute atomic E-state index is 6.19. The molecule has 2 aromatic rings. The van der Waals surface area contributed by atoms with Crippen molar-refractivity contribution in [2.45, 2.75) is 18.8 Å². The van der Waals surface area contributed by atoms with Crippen molar-refractivity contribution < 1.29 is 0 Å². The van der Waals surface area contributed by atoms with Crippen LogP contribution >= 0.6 is 50.1 Å². The summed E-state index contributed by atoms with van der Waals surface area (Å²) in [4.78, 5) is 13.1. The molecule has 0 aliphatic heterocycles. The Kier molecular flexibility index (Phi) is 3.55. The van der Waals surface area contributed by atoms with Crippen molar-refractivity contribution in [2.75, 3.05) is 0 Å². The third-order valence-corrected chi connectivity index (χ3v) is 4.85. The van der Waals surface area contributed by atoms with E-state index in [1.165, 1.54) is 12.8 Å². The topological polar surface area (TPSA) is 38.7 Å². The molecule has 1 aliphatic carbocycles. The van der Waals surface area contributed by atoms with Crippen molar-refractivity contribution in [2.24, 2.45) is 0 Å². The minimum atomic E-state index is 0.530. The van der Waals surface area contributed by atoms with E-state index in [-0.39, 0.29) is 0 Å². The lowest BCUT2D eigenvalue weighted by Crippen LogP contribution is -1.99. The molecule has 1 aliphatic rings. The van der Waals surface area contributed by atoms with Crippen molar-refractivity contribution in [1.82, 2.24) is 15.0 Å². The van der Waals surface area contributed by atoms with Crippen LogP contribution < -0.4 is 0 Å². The van der Waals surface area contributed by atoms with Gasteiger partial charge in [0.05, 0.1) is 9.26 Å². The van der Waals surface area contributed by atoms with E-state index in [9.17, 15) is 0 Å². The van der Waals surface area contributed by atoms with E-state index >= 15 is 0 Å². The molecule has 1 fully saturated rings. The highest BCUT2D eigenvalue weighted by Crippen LogP contribution is 2.42. The Morgan fingerprint density at radius 3 is 2.72 bits per heavy atom. The summed E-state index contributed by atoms with van der Waals surface area (Å²) in [6.07, 6.45) is 5.87. The van der Waals surface area contributed by atoms with Gasteiger partial charge < -0.3 is 0 Å². The molecule has 0 aromatic carbocycles. The van der Waals surface area contributed by atoms with Crippen LogP contribution in [0.4, 0.5) is 0 Å². The summed E-state index contributed by atoms with van der Waals surface area (Å²) >= 11 is 11.8. The minimum Gasteiger partial charge on any atom is -0.263 e. The summed E-state index contributed by atoms with van der Waals surface area (Å²) in [5, 5.41) is 0.530. The summed E-state index contributed by atoms with van der Waals surface area (Å²) in [7, 11) is 0. The Morgan fingerprint density at radius 2 is 2.06 bits per heavy atom. The van der Waals surface area contributed by atoms with Gasteiger partial charge in [0.25, 0.3) is 0 Å². The lowest BCUT2D eigenvalue weighted by Gasteiger charge is -2.07. The molecule has 0 saturated heterocycles. The van der Waals surface area contributed by atoms with E-state index in [0.29, 0.717) is 16.9 Å². The first-order valence-corrected chi connectivity index (χ1v) is 7.74. The smallest absolute Gasteiger partial charge is 0.162 e. The number of aromatic nitrogens is 3. The maximum Gasteiger partial charge on any atom is 0.162 e. The number of halogens is 3. The van der Waals surface area contributed by atoms with Crippen LogP contribution in [0, 0.1) is 3.57 Å². The predicted molar refractivity (Wildman–Crippen MR) is 82.7 cm³/mol. The normalized spacial score (nSPS) is 14.8. The van der Waals surface area contributed by atoms with E-state index in [4.69, 9.17) is 11.6 Å². The zero-order valence-corrected chi connectivity index (χ0v) is 13.7. The van der Waals surface area contributed by atoms with Crippen LogP contribution in [0.2, 0.25) is 5.15 Å². The van der Waals surface area contributed by atoms with Gasteiger partial charge in [-0.2, -0.15) is 0 Å². The lowest BCUT2D eigenvalue weighted by molar-refractivity contribution is 0.976. The van der Waals surface area contributed by atoms with Crippen LogP contribution in [0.15, 0.2) is 22.9 Å². The number of rotatable bonds is 2. The van der Waals surface area contributed by atoms with Crippen molar-refractivity contribution in [3.05, 3.63) is 37.3 Å². The summed E-state index contributed by atoms with van der Waals surface area (Å²) in [5.41, 5.74) is 1.95. The van der Waals surface area contributed by atoms with E-state index in [2.05, 4.69) is 53.5 Å². The first-order chi connectivity index (χ1) is 8.65. The molecule has 0 spiro atoms. The van der Waals surface area contributed by atoms with Gasteiger partial charge >= 0.3 is 0 Å². The zero-order chi connectivity index (χ0) is 12.7. The van der Waals surface area contributed by atoms with E-state index < -0.39 is 0 Å². The minimum absolute atomic E-state index is 0.530. The Hall–Kier alpha value is -0.270. The van der Waals surface area contributed by atoms with Crippen molar-refractivity contribution >= 4 is 50.1 Å². The van der Waals surface area contributed by atoms with Crippen LogP contribution in [0.5, 0.6) is 0 Å². The Labute approximate surface area is 132 Å². The quantitative estimate of drug-likeness (QED) is 0.516. The molecule has 0 atom stereocenters. The van der Waals surface area contributed by atoms with Crippen molar-refractivity contribution in [3.63, 3.8) is 0 Å². The van der Waals surface area contributed by atoms with Gasteiger partial charge in [0, 0.05) is 28.3 Å². The van der Waals surface area contributed by atoms with Gasteiger partial charge in [-0.15, -0.1) is 0 Å². The molecule has 3 rings (SSSR count). The first kappa shape index (κ1) is 12.7. The second-order valence-corrected chi connectivity index (χ2v) is 6.56. The molecule has 2 aromatic heterocycles. The molecular formula is C12H8BrClIN3. The molecule has 0 bridgehead atoms. The standard InChI is InChI=1S/C12H8BrClIN3/c13-8-3-7(4-16-5-8)12-17-10(6-1-2-6)9(15)11(14)18-12/h3-6H,1-2H2. The molecule has 6 heteroatoms. The molecule has 2 heterocycles. The second-order valence-electron chi connectivity index (χ2n) is 4.20. The number of hydrogen-bond donors (Lipinski definition) is 0. The highest BCUT2D eigenvalue weighted by atomic mass is 127. The van der Waals surface area contributed by atoms with Crippen molar-refractivity contribution in [1.29, 1.82) is 0 Å². The molecule has 3 nitrogen and oxygen atoms in total. The largest absolute Gasteiger partial charge is 0.263 e. The Balaban J connectivity index is 2.12. The van der Waals surface area contributed by atoms with Crippen LogP contribution in [-0.2, 0) is 0 Å². The fourth-order valence-corrected chi connectivity index (χ4v) is 2.95. The molecule has 0 N–H and O–H groups in total. The molecule has 0 radical (unpaired) electrons. The molecule has 0 amide bonds. The summed E-state index contributed by atoms with van der Waals surface area (Å²) in [5.74, 6) is 1.20. The lowest BCUT2D eigenvalue weighted by atomic mass is 10.2. The van der Waals surface area contributed by atoms with Crippen LogP contribution in [0.3, 0.4) is 0 Å². The summed E-state index contributed by atoms with van der Waals surface area (Å²) < 4.78 is 1.88. The third kappa shape index (κ3) is 2.53. The predicted octanol–water partition coefficient (Wildman–Crippen LogP) is 4.44. The van der Waals surface area contributed by atoms with E-state index in [1.807, 2.05) is 6.07 Å². The fourth-order valence-electron chi connectivity index (χ4n) is 1.73. The monoisotopic (exact) mass is 435 g/mol. The zero-order valence-electron chi connectivity index (χ0n) is 9.20. The Morgan fingerprint density at radius 1 is 1.28 bits per heavy atom. The molecule has 0 unspecified atom stereocenters. The SMILES string of the molecule is Clc1nc(-c2cncc(Br)c2)nc(C2CC2)c1I. The Bertz CT molecular complexity index is 616. The molecule has 1 saturated carbocycles. The van der Waals surface area contributed by atoms with Gasteiger partial charge in [-0.3, -0.25) is 4.98 Å². The highest BCUT2D eigenvalue weighted by molar-refractivity contribution is 14.1. The van der Waals surface area contributed by atoms with Crippen LogP contribution in [0.1, 0.15) is 24.5 Å². The third-order valence-electron chi connectivity index (χ3n) is 2.76. The first-order valence-electron chi connectivity index (χ1n) is 5.49. The van der Waals surface area contributed by atoms with Crippen LogP contribution in [-0.4, -0.2) is 15.0 Å². The molecule has 92 valence electrons. The van der Waals surface area contributed by atoms with Crippen molar-refractivity contribution in [3.8, 4) is 11.4 Å². The van der Waals surface area contributed by atoms with Gasteiger partial charge in [-0.25, -0.2) is 9.97 Å². The van der Waals surface area contributed by atoms with Crippen LogP contribution in [0.25, 0.3) is 11.4 Å². The van der Waals surface area contributed by atoms with Gasteiger partial charge in [0.15, 0.2) is 5.82 Å². The van der Waals surface area contributed by atoms with Gasteiger partial charge in [0.1, 0.15) is 5.15 Å². The number of nitrogens with zero attached hydrogens (tertiary/aromatic N) is 3. The molecule has 18 heavy (non-hydrogen) atoms. The number of hydrogen-bond acceptors (Lipinski definition) is 3. The summed E-state index contributed by atoms with van der Waals surface area (Å²) in [6.45, 7) is 0. The molecular weight excluding hydrogens is 428 g/mol.